The molecular formula is C26H27FN6O2. The number of nitrogens with zero attached hydrogens (tertiary/aromatic N) is 5. The highest BCUT2D eigenvalue weighted by Gasteiger charge is 2.24. The van der Waals surface area contributed by atoms with Crippen LogP contribution in [0.3, 0.4) is 0 Å². The molecule has 4 aromatic rings. The molecule has 0 radical (unpaired) electrons. The zero-order chi connectivity index (χ0) is 25.4. The topological polar surface area (TPSA) is 75.5 Å². The summed E-state index contributed by atoms with van der Waals surface area (Å²) in [5, 5.41) is 3.98. The summed E-state index contributed by atoms with van der Waals surface area (Å²) in [6.45, 7) is 4.22. The van der Waals surface area contributed by atoms with Gasteiger partial charge in [0.05, 0.1) is 17.1 Å². The Morgan fingerprint density at radius 2 is 2.09 bits per heavy atom. The Morgan fingerprint density at radius 3 is 2.89 bits per heavy atom. The molecule has 0 fully saturated rings. The number of anilines is 3. The number of nitrogens with one attached hydrogen (secondary N) is 1. The molecule has 0 atom stereocenters. The summed E-state index contributed by atoms with van der Waals surface area (Å²) in [6.07, 6.45) is 1.29. The van der Waals surface area contributed by atoms with Gasteiger partial charge in [0.2, 0.25) is 0 Å². The van der Waals surface area contributed by atoms with Gasteiger partial charge < -0.3 is 19.9 Å². The van der Waals surface area contributed by atoms with Gasteiger partial charge in [0, 0.05) is 37.3 Å². The number of hydrogen-bond acceptors (Lipinski definition) is 7. The first-order chi connectivity index (χ1) is 17.3. The molecule has 2 aromatic heterocycles. The molecule has 35 heavy (non-hydrogen) atoms. The van der Waals surface area contributed by atoms with Crippen molar-refractivity contribution in [2.75, 3.05) is 50.6 Å². The number of rotatable bonds is 6. The number of hydrogen-bond donors (Lipinski definition) is 1. The van der Waals surface area contributed by atoms with Crippen LogP contribution in [0.25, 0.3) is 16.7 Å². The molecule has 0 saturated carbocycles. The third kappa shape index (κ3) is 4.30. The molecule has 9 heteroatoms. The standard InChI is InChI=1S/C26H27FN6O2/c1-17-5-4-6-21-24(17)29-9-10-32(21)22-13-18-15-28-16-30-25(18)33(26(22)34)19-7-8-23(20(27)14-19)35-12-11-31(2)3/h4-8,13-16,29H,9-12H2,1-3H3/i16D. The normalized spacial score (nSPS) is 13.5. The molecule has 2 aromatic carbocycles. The lowest BCUT2D eigenvalue weighted by Crippen LogP contribution is -2.35. The van der Waals surface area contributed by atoms with Gasteiger partial charge in [0.25, 0.3) is 5.56 Å². The predicted molar refractivity (Wildman–Crippen MR) is 136 cm³/mol. The molecule has 3 heterocycles. The predicted octanol–water partition coefficient (Wildman–Crippen LogP) is 3.73. The zero-order valence-corrected chi connectivity index (χ0v) is 19.9. The Labute approximate surface area is 204 Å². The number of para-hydroxylation sites is 1. The number of aromatic nitrogens is 3. The number of halogens is 1. The van der Waals surface area contributed by atoms with E-state index in [1.165, 1.54) is 22.9 Å². The lowest BCUT2D eigenvalue weighted by Gasteiger charge is -2.33. The summed E-state index contributed by atoms with van der Waals surface area (Å²) in [5.74, 6) is -0.476. The quantitative estimate of drug-likeness (QED) is 0.455. The van der Waals surface area contributed by atoms with E-state index in [1.807, 2.05) is 49.0 Å². The maximum absolute atomic E-state index is 15.0. The monoisotopic (exact) mass is 475 g/mol. The number of likely N-dealkylation sites (N-methyl/N-ethyl adjacent to an activating group) is 1. The number of aryl methyl sites for hydroxylation is 1. The molecule has 1 aliphatic rings. The third-order valence-corrected chi connectivity index (χ3v) is 6.04. The van der Waals surface area contributed by atoms with E-state index in [0.717, 1.165) is 16.9 Å². The molecule has 180 valence electrons. The summed E-state index contributed by atoms with van der Waals surface area (Å²) in [5.41, 5.74) is 3.52. The second-order valence-corrected chi connectivity index (χ2v) is 8.73. The summed E-state index contributed by atoms with van der Waals surface area (Å²) in [7, 11) is 3.82. The smallest absolute Gasteiger partial charge is 0.280 e. The van der Waals surface area contributed by atoms with Crippen LogP contribution in [0.15, 0.2) is 59.8 Å². The second-order valence-electron chi connectivity index (χ2n) is 8.73. The molecule has 0 aliphatic carbocycles. The lowest BCUT2D eigenvalue weighted by atomic mass is 10.1. The largest absolute Gasteiger partial charge is 0.489 e. The van der Waals surface area contributed by atoms with Gasteiger partial charge in [0.1, 0.15) is 20.0 Å². The maximum atomic E-state index is 15.0. The van der Waals surface area contributed by atoms with Crippen LogP contribution < -0.4 is 20.5 Å². The van der Waals surface area contributed by atoms with Crippen LogP contribution >= 0.6 is 0 Å². The molecule has 0 spiro atoms. The molecule has 0 saturated heterocycles. The first kappa shape index (κ1) is 21.5. The van der Waals surface area contributed by atoms with Crippen molar-refractivity contribution >= 4 is 28.1 Å². The molecule has 0 amide bonds. The number of benzene rings is 2. The van der Waals surface area contributed by atoms with E-state index in [9.17, 15) is 4.79 Å². The fourth-order valence-electron chi connectivity index (χ4n) is 4.29. The van der Waals surface area contributed by atoms with Gasteiger partial charge in [-0.15, -0.1) is 0 Å². The Hall–Kier alpha value is -3.98. The zero-order valence-electron chi connectivity index (χ0n) is 20.9. The van der Waals surface area contributed by atoms with Crippen molar-refractivity contribution in [3.63, 3.8) is 0 Å². The van der Waals surface area contributed by atoms with E-state index in [4.69, 9.17) is 6.11 Å². The van der Waals surface area contributed by atoms with Crippen LogP contribution in [0, 0.1) is 12.7 Å². The molecule has 1 N–H and O–H groups in total. The van der Waals surface area contributed by atoms with E-state index in [1.54, 1.807) is 12.1 Å². The fourth-order valence-corrected chi connectivity index (χ4v) is 4.29. The first-order valence-electron chi connectivity index (χ1n) is 11.9. The highest BCUT2D eigenvalue weighted by atomic mass is 19.1. The van der Waals surface area contributed by atoms with E-state index in [-0.39, 0.29) is 23.3 Å². The van der Waals surface area contributed by atoms with Crippen LogP contribution in [0.1, 0.15) is 6.93 Å². The minimum atomic E-state index is -0.583. The lowest BCUT2D eigenvalue weighted by molar-refractivity contribution is 0.252. The van der Waals surface area contributed by atoms with Crippen molar-refractivity contribution in [3.8, 4) is 11.4 Å². The van der Waals surface area contributed by atoms with Gasteiger partial charge in [-0.25, -0.2) is 14.4 Å². The van der Waals surface area contributed by atoms with Gasteiger partial charge in [-0.1, -0.05) is 12.1 Å². The van der Waals surface area contributed by atoms with Gasteiger partial charge >= 0.3 is 0 Å². The van der Waals surface area contributed by atoms with Crippen molar-refractivity contribution in [1.29, 1.82) is 0 Å². The number of ether oxygens (including phenoxy) is 1. The Morgan fingerprint density at radius 1 is 1.23 bits per heavy atom. The first-order valence-corrected chi connectivity index (χ1v) is 11.4. The van der Waals surface area contributed by atoms with E-state index >= 15 is 4.39 Å². The summed E-state index contributed by atoms with van der Waals surface area (Å²) in [6, 6.07) is 12.1. The van der Waals surface area contributed by atoms with Gasteiger partial charge in [-0.05, 0) is 50.8 Å². The maximum Gasteiger partial charge on any atom is 0.280 e. The van der Waals surface area contributed by atoms with Gasteiger partial charge in [-0.3, -0.25) is 9.36 Å². The summed E-state index contributed by atoms with van der Waals surface area (Å²) >= 11 is 0. The molecule has 1 aliphatic heterocycles. The average Bonchev–Trinajstić information content (AvgIpc) is 2.85. The fraction of sp³-hybridized carbons (Fsp3) is 0.269. The van der Waals surface area contributed by atoms with E-state index in [0.29, 0.717) is 43.0 Å². The SMILES string of the molecule is [2H]c1ncc2cc(N3CCNc4c(C)cccc43)c(=O)n(-c3ccc(OCCN(C)C)c(F)c3)c2n1. The van der Waals surface area contributed by atoms with Gasteiger partial charge in [-0.2, -0.15) is 0 Å². The van der Waals surface area contributed by atoms with Crippen molar-refractivity contribution < 1.29 is 10.5 Å². The third-order valence-electron chi connectivity index (χ3n) is 6.04. The number of pyridine rings is 1. The highest BCUT2D eigenvalue weighted by molar-refractivity contribution is 5.85. The Balaban J connectivity index is 1.66. The van der Waals surface area contributed by atoms with Crippen LogP contribution in [0.2, 0.25) is 0 Å². The van der Waals surface area contributed by atoms with Crippen LogP contribution in [-0.2, 0) is 0 Å². The van der Waals surface area contributed by atoms with Crippen LogP contribution in [-0.4, -0.2) is 59.8 Å². The van der Waals surface area contributed by atoms with Crippen molar-refractivity contribution in [2.24, 2.45) is 0 Å². The minimum Gasteiger partial charge on any atom is -0.489 e. The molecule has 8 nitrogen and oxygen atoms in total. The number of fused-ring (bicyclic) bond motifs is 2. The van der Waals surface area contributed by atoms with Gasteiger partial charge in [0.15, 0.2) is 17.2 Å². The second kappa shape index (κ2) is 9.34. The van der Waals surface area contributed by atoms with Crippen LogP contribution in [0.4, 0.5) is 21.5 Å². The Bertz CT molecular complexity index is 1510. The minimum absolute atomic E-state index is 0.108. The van der Waals surface area contributed by atoms with Crippen molar-refractivity contribution in [1.82, 2.24) is 19.4 Å². The highest BCUT2D eigenvalue weighted by Crippen LogP contribution is 2.36. The summed E-state index contributed by atoms with van der Waals surface area (Å²) < 4.78 is 29.8. The van der Waals surface area contributed by atoms with E-state index < -0.39 is 5.82 Å². The molecule has 0 unspecified atom stereocenters. The molecule has 0 bridgehead atoms. The van der Waals surface area contributed by atoms with Crippen molar-refractivity contribution in [3.05, 3.63) is 76.7 Å². The van der Waals surface area contributed by atoms with Crippen LogP contribution in [0.5, 0.6) is 5.75 Å². The average molecular weight is 476 g/mol. The van der Waals surface area contributed by atoms with Crippen molar-refractivity contribution in [2.45, 2.75) is 6.92 Å². The Kier molecular flexibility index (Phi) is 5.75. The molecular weight excluding hydrogens is 447 g/mol. The summed E-state index contributed by atoms with van der Waals surface area (Å²) in [4.78, 5) is 26.1. The van der Waals surface area contributed by atoms with E-state index in [2.05, 4.69) is 15.3 Å². The molecule has 5 rings (SSSR count).